The Morgan fingerprint density at radius 2 is 1.77 bits per heavy atom. The van der Waals surface area contributed by atoms with Crippen molar-refractivity contribution in [2.24, 2.45) is 11.3 Å². The van der Waals surface area contributed by atoms with Crippen LogP contribution in [0.1, 0.15) is 40.0 Å². The first-order chi connectivity index (χ1) is 5.79. The van der Waals surface area contributed by atoms with Gasteiger partial charge in [-0.25, -0.2) is 8.42 Å². The van der Waals surface area contributed by atoms with E-state index in [-0.39, 0.29) is 5.41 Å². The van der Waals surface area contributed by atoms with Gasteiger partial charge in [0.25, 0.3) is 0 Å². The molecule has 0 saturated heterocycles. The molecule has 0 aromatic carbocycles. The number of sulfone groups is 1. The molecule has 78 valence electrons. The third kappa shape index (κ3) is 4.12. The Labute approximate surface area is 81.6 Å². The van der Waals surface area contributed by atoms with Crippen molar-refractivity contribution in [3.05, 3.63) is 0 Å². The lowest BCUT2D eigenvalue weighted by molar-refractivity contribution is 0.345. The van der Waals surface area contributed by atoms with Gasteiger partial charge in [-0.2, -0.15) is 0 Å². The fourth-order valence-electron chi connectivity index (χ4n) is 1.74. The van der Waals surface area contributed by atoms with Crippen LogP contribution in [-0.2, 0) is 9.84 Å². The molecule has 0 N–H and O–H groups in total. The molecule has 0 bridgehead atoms. The van der Waals surface area contributed by atoms with Crippen LogP contribution in [0.4, 0.5) is 0 Å². The van der Waals surface area contributed by atoms with Gasteiger partial charge in [-0.3, -0.25) is 0 Å². The van der Waals surface area contributed by atoms with E-state index in [1.165, 1.54) is 6.42 Å². The van der Waals surface area contributed by atoms with Gasteiger partial charge in [-0.05, 0) is 24.2 Å². The van der Waals surface area contributed by atoms with E-state index >= 15 is 0 Å². The van der Waals surface area contributed by atoms with Gasteiger partial charge in [-0.1, -0.05) is 27.2 Å². The van der Waals surface area contributed by atoms with Crippen molar-refractivity contribution < 1.29 is 8.42 Å². The first-order valence-corrected chi connectivity index (χ1v) is 6.81. The Kier molecular flexibility index (Phi) is 3.05. The third-order valence-electron chi connectivity index (χ3n) is 2.37. The average molecular weight is 204 g/mol. The van der Waals surface area contributed by atoms with E-state index in [4.69, 9.17) is 0 Å². The summed E-state index contributed by atoms with van der Waals surface area (Å²) in [7, 11) is -2.80. The van der Waals surface area contributed by atoms with Gasteiger partial charge >= 0.3 is 0 Å². The lowest BCUT2D eigenvalue weighted by Gasteiger charge is -2.26. The summed E-state index contributed by atoms with van der Waals surface area (Å²) in [6, 6.07) is 0. The fraction of sp³-hybridized carbons (Fsp3) is 1.00. The Balaban J connectivity index is 2.46. The molecule has 0 aliphatic heterocycles. The molecule has 1 fully saturated rings. The van der Waals surface area contributed by atoms with Crippen LogP contribution in [0.25, 0.3) is 0 Å². The Hall–Kier alpha value is -0.0500. The zero-order valence-corrected chi connectivity index (χ0v) is 9.65. The maximum atomic E-state index is 11.6. The normalized spacial score (nSPS) is 19.9. The molecular weight excluding hydrogens is 184 g/mol. The molecule has 0 amide bonds. The van der Waals surface area contributed by atoms with E-state index in [1.54, 1.807) is 0 Å². The zero-order valence-electron chi connectivity index (χ0n) is 8.84. The average Bonchev–Trinajstić information content (AvgIpc) is 1.73. The van der Waals surface area contributed by atoms with Gasteiger partial charge in [0, 0.05) is 0 Å². The molecule has 13 heavy (non-hydrogen) atoms. The van der Waals surface area contributed by atoms with Crippen molar-refractivity contribution in [1.29, 1.82) is 0 Å². The summed E-state index contributed by atoms with van der Waals surface area (Å²) in [5.41, 5.74) is -0.0947. The van der Waals surface area contributed by atoms with Crippen LogP contribution >= 0.6 is 0 Å². The molecule has 3 heteroatoms. The quantitative estimate of drug-likeness (QED) is 0.706. The summed E-state index contributed by atoms with van der Waals surface area (Å²) in [5.74, 6) is 1.22. The highest BCUT2D eigenvalue weighted by molar-refractivity contribution is 7.91. The molecule has 1 aliphatic carbocycles. The highest BCUT2D eigenvalue weighted by Crippen LogP contribution is 2.29. The number of rotatable bonds is 3. The fourth-order valence-corrected chi connectivity index (χ4v) is 4.23. The van der Waals surface area contributed by atoms with Gasteiger partial charge in [0.2, 0.25) is 0 Å². The lowest BCUT2D eigenvalue weighted by Crippen LogP contribution is -2.28. The predicted molar refractivity (Wildman–Crippen MR) is 55.4 cm³/mol. The van der Waals surface area contributed by atoms with Crippen LogP contribution in [0.15, 0.2) is 0 Å². The minimum Gasteiger partial charge on any atom is -0.229 e. The van der Waals surface area contributed by atoms with E-state index in [1.807, 2.05) is 20.8 Å². The van der Waals surface area contributed by atoms with Crippen LogP contribution in [-0.4, -0.2) is 19.9 Å². The zero-order chi connectivity index (χ0) is 10.1. The minimum absolute atomic E-state index is 0.0947. The Bertz CT molecular complexity index is 255. The summed E-state index contributed by atoms with van der Waals surface area (Å²) in [4.78, 5) is 0. The second-order valence-electron chi connectivity index (χ2n) is 5.41. The van der Waals surface area contributed by atoms with Crippen molar-refractivity contribution in [3.8, 4) is 0 Å². The van der Waals surface area contributed by atoms with Gasteiger partial charge in [0.15, 0.2) is 9.84 Å². The van der Waals surface area contributed by atoms with Gasteiger partial charge in [0.1, 0.15) is 0 Å². The molecule has 2 nitrogen and oxygen atoms in total. The van der Waals surface area contributed by atoms with Crippen LogP contribution in [0.2, 0.25) is 0 Å². The standard InChI is InChI=1S/C10H20O2S/c1-10(2,3)8-13(11,12)7-9-5-4-6-9/h9H,4-8H2,1-3H3. The van der Waals surface area contributed by atoms with Crippen molar-refractivity contribution >= 4 is 9.84 Å². The first kappa shape index (κ1) is 11.0. The second kappa shape index (κ2) is 3.60. The SMILES string of the molecule is CC(C)(C)CS(=O)(=O)CC1CCC1. The molecule has 1 aliphatic rings. The van der Waals surface area contributed by atoms with Crippen molar-refractivity contribution in [3.63, 3.8) is 0 Å². The molecule has 0 heterocycles. The van der Waals surface area contributed by atoms with Crippen LogP contribution in [0.5, 0.6) is 0 Å². The summed E-state index contributed by atoms with van der Waals surface area (Å²) < 4.78 is 23.3. The van der Waals surface area contributed by atoms with Crippen molar-refractivity contribution in [2.75, 3.05) is 11.5 Å². The monoisotopic (exact) mass is 204 g/mol. The highest BCUT2D eigenvalue weighted by Gasteiger charge is 2.27. The molecule has 0 atom stereocenters. The van der Waals surface area contributed by atoms with E-state index in [9.17, 15) is 8.42 Å². The van der Waals surface area contributed by atoms with Crippen LogP contribution < -0.4 is 0 Å². The highest BCUT2D eigenvalue weighted by atomic mass is 32.2. The molecule has 1 rings (SSSR count). The maximum absolute atomic E-state index is 11.6. The molecule has 0 aromatic heterocycles. The summed E-state index contributed by atoms with van der Waals surface area (Å²) in [6.07, 6.45) is 3.45. The minimum atomic E-state index is -2.80. The van der Waals surface area contributed by atoms with Gasteiger partial charge in [0.05, 0.1) is 11.5 Å². The Morgan fingerprint density at radius 3 is 2.08 bits per heavy atom. The largest absolute Gasteiger partial charge is 0.229 e. The first-order valence-electron chi connectivity index (χ1n) is 4.99. The smallest absolute Gasteiger partial charge is 0.151 e. The van der Waals surface area contributed by atoms with E-state index < -0.39 is 9.84 Å². The molecular formula is C10H20O2S. The molecule has 0 aromatic rings. The van der Waals surface area contributed by atoms with Gasteiger partial charge in [-0.15, -0.1) is 0 Å². The van der Waals surface area contributed by atoms with E-state index in [0.29, 0.717) is 17.4 Å². The molecule has 0 radical (unpaired) electrons. The van der Waals surface area contributed by atoms with Gasteiger partial charge < -0.3 is 0 Å². The summed E-state index contributed by atoms with van der Waals surface area (Å²) in [5, 5.41) is 0. The lowest BCUT2D eigenvalue weighted by atomic mass is 9.87. The predicted octanol–water partition coefficient (Wildman–Crippen LogP) is 2.25. The Morgan fingerprint density at radius 1 is 1.23 bits per heavy atom. The third-order valence-corrected chi connectivity index (χ3v) is 4.65. The van der Waals surface area contributed by atoms with Crippen molar-refractivity contribution in [1.82, 2.24) is 0 Å². The van der Waals surface area contributed by atoms with E-state index in [0.717, 1.165) is 12.8 Å². The van der Waals surface area contributed by atoms with Crippen molar-refractivity contribution in [2.45, 2.75) is 40.0 Å². The molecule has 1 saturated carbocycles. The summed E-state index contributed by atoms with van der Waals surface area (Å²) in [6.45, 7) is 5.93. The topological polar surface area (TPSA) is 34.1 Å². The maximum Gasteiger partial charge on any atom is 0.151 e. The van der Waals surface area contributed by atoms with E-state index in [2.05, 4.69) is 0 Å². The van der Waals surface area contributed by atoms with Crippen LogP contribution in [0.3, 0.4) is 0 Å². The molecule has 0 unspecified atom stereocenters. The summed E-state index contributed by atoms with van der Waals surface area (Å²) >= 11 is 0. The molecule has 0 spiro atoms. The number of hydrogen-bond acceptors (Lipinski definition) is 2. The number of hydrogen-bond donors (Lipinski definition) is 0. The van der Waals surface area contributed by atoms with Crippen LogP contribution in [0, 0.1) is 11.3 Å². The second-order valence-corrected chi connectivity index (χ2v) is 7.52.